The normalized spacial score (nSPS) is 13.7. The van der Waals surface area contributed by atoms with Crippen LogP contribution in [-0.2, 0) is 12.8 Å². The molecule has 0 saturated carbocycles. The molecule has 3 aromatic carbocycles. The minimum Gasteiger partial charge on any atom is -0.405 e. The Labute approximate surface area is 292 Å². The fourth-order valence-electron chi connectivity index (χ4n) is 6.03. The van der Waals surface area contributed by atoms with Crippen LogP contribution in [0, 0.1) is 66.0 Å². The lowest BCUT2D eigenvalue weighted by atomic mass is 9.95. The van der Waals surface area contributed by atoms with Crippen molar-refractivity contribution >= 4 is 11.1 Å². The molecule has 0 atom stereocenters. The quantitative estimate of drug-likeness (QED) is 0.149. The summed E-state index contributed by atoms with van der Waals surface area (Å²) in [4.78, 5) is 5.90. The Hall–Kier alpha value is -6.67. The summed E-state index contributed by atoms with van der Waals surface area (Å²) < 4.78 is 196. The van der Waals surface area contributed by atoms with Crippen LogP contribution < -0.4 is 24.6 Å². The number of fused-ring (bicyclic) bond motifs is 2. The highest BCUT2D eigenvalue weighted by molar-refractivity contribution is 5.92. The number of allylic oxidation sites excluding steroid dienone is 3. The van der Waals surface area contributed by atoms with Gasteiger partial charge in [-0.1, -0.05) is 0 Å². The number of hydrogen-bond donors (Lipinski definition) is 0. The minimum atomic E-state index is -5.78. The summed E-state index contributed by atoms with van der Waals surface area (Å²) in [7, 11) is 0. The maximum absolute atomic E-state index is 15.1. The Kier molecular flexibility index (Phi) is 9.56. The summed E-state index contributed by atoms with van der Waals surface area (Å²) in [5, 5.41) is 17.2. The van der Waals surface area contributed by atoms with E-state index in [0.717, 1.165) is 6.92 Å². The Balaban J connectivity index is 2.16. The van der Waals surface area contributed by atoms with E-state index < -0.39 is 144 Å². The Bertz CT molecular complexity index is 2460. The third-order valence-electron chi connectivity index (χ3n) is 7.93. The van der Waals surface area contributed by atoms with E-state index >= 15 is 8.78 Å². The van der Waals surface area contributed by atoms with Gasteiger partial charge in [0.1, 0.15) is 54.0 Å². The first-order valence-corrected chi connectivity index (χ1v) is 14.2. The largest absolute Gasteiger partial charge is 0.573 e. The molecule has 0 aliphatic heterocycles. The van der Waals surface area contributed by atoms with Crippen LogP contribution in [0.5, 0.6) is 17.2 Å². The standard InChI is InChI=1S/C34H11F13N4O3/c1-12-20(35)4-13(5-21(12)36)25-19(31(50-2)51-3)9-18-27(25)28(52-32(39,40)41)17-8-16(15(10-48)11-49)24(26(17)29(18)53-33(42,43)44)14-6-22(37)30(23(38)7-14)54-34(45,46)47/h4-7H,8-9H2,1H3. The van der Waals surface area contributed by atoms with E-state index in [-0.39, 0.29) is 12.1 Å². The lowest BCUT2D eigenvalue weighted by Crippen LogP contribution is -2.32. The number of hydrogen-bond acceptors (Lipinski definition) is 5. The van der Waals surface area contributed by atoms with Gasteiger partial charge in [-0.2, -0.15) is 20.2 Å². The number of ether oxygens (including phenoxy) is 3. The molecule has 0 bridgehead atoms. The second kappa shape index (κ2) is 13.4. The van der Waals surface area contributed by atoms with Gasteiger partial charge < -0.3 is 14.2 Å². The monoisotopic (exact) mass is 770 g/mol. The molecule has 0 fully saturated rings. The predicted molar refractivity (Wildman–Crippen MR) is 154 cm³/mol. The molecule has 54 heavy (non-hydrogen) atoms. The molecule has 20 heteroatoms. The van der Waals surface area contributed by atoms with Gasteiger partial charge in [-0.25, -0.2) is 17.6 Å². The predicted octanol–water partition coefficient (Wildman–Crippen LogP) is 8.15. The highest BCUT2D eigenvalue weighted by Crippen LogP contribution is 2.45. The molecular formula is C34H11F13N4O3. The second-order valence-corrected chi connectivity index (χ2v) is 11.0. The van der Waals surface area contributed by atoms with E-state index in [1.807, 2.05) is 0 Å². The first-order chi connectivity index (χ1) is 25.0. The molecule has 5 rings (SSSR count). The van der Waals surface area contributed by atoms with E-state index in [1.54, 1.807) is 0 Å². The van der Waals surface area contributed by atoms with Crippen LogP contribution in [0.2, 0.25) is 0 Å². The second-order valence-electron chi connectivity index (χ2n) is 11.0. The number of nitrogens with zero attached hydrogens (tertiary/aromatic N) is 4. The first kappa shape index (κ1) is 38.6. The molecule has 0 unspecified atom stereocenters. The van der Waals surface area contributed by atoms with Crippen molar-refractivity contribution < 1.29 is 71.3 Å². The summed E-state index contributed by atoms with van der Waals surface area (Å²) in [6, 6.07) is 3.88. The average Bonchev–Trinajstić information content (AvgIpc) is 3.63. The summed E-state index contributed by atoms with van der Waals surface area (Å²) in [5.41, 5.74) is -8.74. The number of halogens is 13. The molecule has 2 aliphatic carbocycles. The van der Waals surface area contributed by atoms with E-state index in [9.17, 15) is 58.8 Å². The van der Waals surface area contributed by atoms with Gasteiger partial charge in [0.2, 0.25) is 5.75 Å². The van der Waals surface area contributed by atoms with Crippen molar-refractivity contribution in [3.63, 3.8) is 0 Å². The Morgan fingerprint density at radius 1 is 0.611 bits per heavy atom. The van der Waals surface area contributed by atoms with Gasteiger partial charge in [0.25, 0.3) is 0 Å². The van der Waals surface area contributed by atoms with Gasteiger partial charge in [0.05, 0.1) is 5.57 Å². The molecule has 0 saturated heterocycles. The molecule has 0 N–H and O–H groups in total. The fraction of sp³-hybridized carbons (Fsp3) is 0.176. The summed E-state index contributed by atoms with van der Waals surface area (Å²) in [5.74, 6) is -13.0. The van der Waals surface area contributed by atoms with Crippen LogP contribution in [0.1, 0.15) is 27.8 Å². The molecule has 0 radical (unpaired) electrons. The van der Waals surface area contributed by atoms with Crippen LogP contribution >= 0.6 is 0 Å². The molecule has 0 spiro atoms. The molecule has 276 valence electrons. The third kappa shape index (κ3) is 7.06. The average molecular weight is 770 g/mol. The topological polar surface area (TPSA) is 84.0 Å². The van der Waals surface area contributed by atoms with Crippen LogP contribution in [-0.4, -0.2) is 19.1 Å². The van der Waals surface area contributed by atoms with Crippen LogP contribution in [0.15, 0.2) is 46.8 Å². The van der Waals surface area contributed by atoms with E-state index in [2.05, 4.69) is 23.9 Å². The van der Waals surface area contributed by atoms with Gasteiger partial charge >= 0.3 is 24.9 Å². The SMILES string of the molecule is [C-]#[N+]C([N+]#[C-])=C1Cc2c(OC(F)(F)F)c3c(c(OC(F)(F)F)c2=C1c1cc(F)c(C)c(F)c1)CC(=C(C#N)C#N)C=3c1cc(F)c(OC(F)(F)F)c(F)c1. The van der Waals surface area contributed by atoms with E-state index in [0.29, 0.717) is 12.1 Å². The van der Waals surface area contributed by atoms with E-state index in [1.165, 1.54) is 12.1 Å². The number of nitriles is 2. The van der Waals surface area contributed by atoms with Gasteiger partial charge in [-0.05, 0) is 59.0 Å². The lowest BCUT2D eigenvalue weighted by molar-refractivity contribution is -0.277. The maximum atomic E-state index is 15.1. The number of alkyl halides is 9. The summed E-state index contributed by atoms with van der Waals surface area (Å²) in [6.45, 7) is 15.9. The molecular weight excluding hydrogens is 759 g/mol. The highest BCUT2D eigenvalue weighted by atomic mass is 19.4. The van der Waals surface area contributed by atoms with Gasteiger partial charge in [0.15, 0.2) is 11.6 Å². The third-order valence-corrected chi connectivity index (χ3v) is 7.93. The van der Waals surface area contributed by atoms with Crippen molar-refractivity contribution in [2.24, 2.45) is 0 Å². The smallest absolute Gasteiger partial charge is 0.405 e. The van der Waals surface area contributed by atoms with Crippen molar-refractivity contribution in [1.82, 2.24) is 0 Å². The molecule has 2 aliphatic rings. The first-order valence-electron chi connectivity index (χ1n) is 14.2. The minimum absolute atomic E-state index is 0.0621. The van der Waals surface area contributed by atoms with Crippen molar-refractivity contribution in [2.45, 2.75) is 38.9 Å². The molecule has 0 amide bonds. The highest BCUT2D eigenvalue weighted by Gasteiger charge is 2.44. The Morgan fingerprint density at radius 2 is 0.963 bits per heavy atom. The fourth-order valence-corrected chi connectivity index (χ4v) is 6.03. The molecule has 0 aromatic heterocycles. The molecule has 3 aromatic rings. The van der Waals surface area contributed by atoms with Crippen molar-refractivity contribution in [3.8, 4) is 29.4 Å². The number of rotatable bonds is 5. The van der Waals surface area contributed by atoms with Crippen molar-refractivity contribution in [2.75, 3.05) is 0 Å². The number of benzene rings is 3. The van der Waals surface area contributed by atoms with Gasteiger partial charge in [-0.15, -0.1) is 39.5 Å². The summed E-state index contributed by atoms with van der Waals surface area (Å²) >= 11 is 0. The van der Waals surface area contributed by atoms with E-state index in [4.69, 9.17) is 13.1 Å². The van der Waals surface area contributed by atoms with Crippen LogP contribution in [0.4, 0.5) is 57.1 Å². The lowest BCUT2D eigenvalue weighted by Gasteiger charge is -2.19. The van der Waals surface area contributed by atoms with Gasteiger partial charge in [-0.3, -0.25) is 0 Å². The maximum Gasteiger partial charge on any atom is 0.573 e. The summed E-state index contributed by atoms with van der Waals surface area (Å²) in [6.07, 6.45) is -19.5. The Morgan fingerprint density at radius 3 is 1.33 bits per heavy atom. The van der Waals surface area contributed by atoms with Crippen molar-refractivity contribution in [3.05, 3.63) is 131 Å². The van der Waals surface area contributed by atoms with Crippen molar-refractivity contribution in [1.29, 1.82) is 10.5 Å². The zero-order chi connectivity index (χ0) is 40.2. The molecule has 7 nitrogen and oxygen atoms in total. The van der Waals surface area contributed by atoms with Gasteiger partial charge in [0, 0.05) is 40.0 Å². The van der Waals surface area contributed by atoms with Crippen LogP contribution in [0.3, 0.4) is 0 Å². The zero-order valence-corrected chi connectivity index (χ0v) is 26.2. The zero-order valence-electron chi connectivity index (χ0n) is 26.2. The van der Waals surface area contributed by atoms with Crippen LogP contribution in [0.25, 0.3) is 20.8 Å². The molecule has 0 heterocycles.